The molecular weight excluding hydrogens is 344 g/mol. The Kier molecular flexibility index (Phi) is 7.42. The first-order chi connectivity index (χ1) is 11.6. The van der Waals surface area contributed by atoms with Crippen molar-refractivity contribution in [3.05, 3.63) is 34.9 Å². The molecule has 0 bridgehead atoms. The summed E-state index contributed by atoms with van der Waals surface area (Å²) in [4.78, 5) is 35.8. The normalized spacial score (nSPS) is 12.6. The van der Waals surface area contributed by atoms with Gasteiger partial charge in [-0.25, -0.2) is 0 Å². The predicted octanol–water partition coefficient (Wildman–Crippen LogP) is 2.71. The van der Waals surface area contributed by atoms with Crippen LogP contribution in [0.25, 0.3) is 0 Å². The summed E-state index contributed by atoms with van der Waals surface area (Å²) in [6.45, 7) is 7.04. The Morgan fingerprint density at radius 1 is 1.20 bits per heavy atom. The Balaban J connectivity index is 2.70. The number of rotatable bonds is 8. The van der Waals surface area contributed by atoms with E-state index >= 15 is 0 Å². The van der Waals surface area contributed by atoms with Gasteiger partial charge < -0.3 is 15.7 Å². The van der Waals surface area contributed by atoms with Gasteiger partial charge in [0.05, 0.1) is 16.0 Å². The second-order valence-corrected chi connectivity index (χ2v) is 7.31. The molecule has 0 radical (unpaired) electrons. The number of nitrogens with one attached hydrogen (secondary N) is 2. The number of halogens is 1. The van der Waals surface area contributed by atoms with Gasteiger partial charge >= 0.3 is 5.97 Å². The van der Waals surface area contributed by atoms with Crippen LogP contribution in [-0.2, 0) is 9.59 Å². The molecule has 7 heteroatoms. The molecule has 0 aromatic heterocycles. The largest absolute Gasteiger partial charge is 0.481 e. The predicted molar refractivity (Wildman–Crippen MR) is 96.6 cm³/mol. The maximum atomic E-state index is 12.4. The van der Waals surface area contributed by atoms with Crippen molar-refractivity contribution in [1.82, 2.24) is 10.6 Å². The third-order valence-electron chi connectivity index (χ3n) is 3.98. The Morgan fingerprint density at radius 2 is 1.80 bits per heavy atom. The number of carboxylic acid groups (broad SMARTS) is 1. The topological polar surface area (TPSA) is 95.5 Å². The van der Waals surface area contributed by atoms with Crippen LogP contribution < -0.4 is 10.6 Å². The van der Waals surface area contributed by atoms with Crippen molar-refractivity contribution in [2.45, 2.75) is 40.2 Å². The van der Waals surface area contributed by atoms with E-state index in [1.165, 1.54) is 0 Å². The lowest BCUT2D eigenvalue weighted by molar-refractivity contribution is -0.147. The number of carbonyl (C=O) groups is 3. The number of amides is 2. The lowest BCUT2D eigenvalue weighted by Gasteiger charge is -2.24. The molecule has 1 aromatic carbocycles. The van der Waals surface area contributed by atoms with Crippen LogP contribution in [0, 0.1) is 11.3 Å². The van der Waals surface area contributed by atoms with E-state index in [9.17, 15) is 14.4 Å². The van der Waals surface area contributed by atoms with E-state index in [1.54, 1.807) is 38.1 Å². The molecule has 1 aromatic rings. The smallest absolute Gasteiger partial charge is 0.309 e. The SMILES string of the molecule is CC(C)C(NC(=O)c1ccccc1Cl)C(=O)NCCC(C)(C)C(=O)O. The first-order valence-electron chi connectivity index (χ1n) is 8.12. The molecular formula is C18H25ClN2O4. The Morgan fingerprint density at radius 3 is 2.32 bits per heavy atom. The number of carboxylic acids is 1. The van der Waals surface area contributed by atoms with Crippen LogP contribution in [0.5, 0.6) is 0 Å². The summed E-state index contributed by atoms with van der Waals surface area (Å²) in [6, 6.07) is 5.86. The number of carbonyl (C=O) groups excluding carboxylic acids is 2. The van der Waals surface area contributed by atoms with E-state index in [2.05, 4.69) is 10.6 Å². The fourth-order valence-electron chi connectivity index (χ4n) is 2.11. The van der Waals surface area contributed by atoms with Crippen LogP contribution in [0.2, 0.25) is 5.02 Å². The molecule has 1 unspecified atom stereocenters. The highest BCUT2D eigenvalue weighted by Crippen LogP contribution is 2.19. The molecule has 0 aliphatic rings. The summed E-state index contributed by atoms with van der Waals surface area (Å²) in [5, 5.41) is 14.8. The van der Waals surface area contributed by atoms with E-state index in [4.69, 9.17) is 16.7 Å². The van der Waals surface area contributed by atoms with Gasteiger partial charge in [0.1, 0.15) is 6.04 Å². The maximum absolute atomic E-state index is 12.4. The van der Waals surface area contributed by atoms with Crippen molar-refractivity contribution in [3.63, 3.8) is 0 Å². The molecule has 138 valence electrons. The highest BCUT2D eigenvalue weighted by atomic mass is 35.5. The monoisotopic (exact) mass is 368 g/mol. The summed E-state index contributed by atoms with van der Waals surface area (Å²) in [7, 11) is 0. The zero-order valence-corrected chi connectivity index (χ0v) is 15.7. The quantitative estimate of drug-likeness (QED) is 0.657. The Bertz CT molecular complexity index is 644. The minimum absolute atomic E-state index is 0.140. The van der Waals surface area contributed by atoms with Crippen LogP contribution in [0.3, 0.4) is 0 Å². The van der Waals surface area contributed by atoms with Crippen molar-refractivity contribution in [1.29, 1.82) is 0 Å². The molecule has 6 nitrogen and oxygen atoms in total. The van der Waals surface area contributed by atoms with Crippen molar-refractivity contribution < 1.29 is 19.5 Å². The van der Waals surface area contributed by atoms with Crippen LogP contribution in [-0.4, -0.2) is 35.5 Å². The number of hydrogen-bond donors (Lipinski definition) is 3. The fourth-order valence-corrected chi connectivity index (χ4v) is 2.34. The summed E-state index contributed by atoms with van der Waals surface area (Å²) in [5.41, 5.74) is -0.629. The summed E-state index contributed by atoms with van der Waals surface area (Å²) in [6.07, 6.45) is 0.289. The number of benzene rings is 1. The summed E-state index contributed by atoms with van der Waals surface area (Å²) < 4.78 is 0. The van der Waals surface area contributed by atoms with Crippen molar-refractivity contribution in [2.24, 2.45) is 11.3 Å². The van der Waals surface area contributed by atoms with Crippen LogP contribution in [0.1, 0.15) is 44.5 Å². The van der Waals surface area contributed by atoms with Gasteiger partial charge in [0.25, 0.3) is 5.91 Å². The van der Waals surface area contributed by atoms with E-state index in [1.807, 2.05) is 13.8 Å². The average Bonchev–Trinajstić information content (AvgIpc) is 2.51. The molecule has 1 rings (SSSR count). The molecule has 0 spiro atoms. The number of aliphatic carboxylic acids is 1. The molecule has 0 fully saturated rings. The lowest BCUT2D eigenvalue weighted by atomic mass is 9.89. The second-order valence-electron chi connectivity index (χ2n) is 6.91. The van der Waals surface area contributed by atoms with Gasteiger partial charge in [-0.2, -0.15) is 0 Å². The molecule has 0 saturated heterocycles. The highest BCUT2D eigenvalue weighted by Gasteiger charge is 2.28. The maximum Gasteiger partial charge on any atom is 0.309 e. The van der Waals surface area contributed by atoms with Crippen LogP contribution in [0.4, 0.5) is 0 Å². The first kappa shape index (κ1) is 21.0. The molecule has 0 aliphatic heterocycles. The molecule has 0 aliphatic carbocycles. The standard InChI is InChI=1S/C18H25ClN2O4/c1-11(2)14(16(23)20-10-9-18(3,4)17(24)25)21-15(22)12-7-5-6-8-13(12)19/h5-8,11,14H,9-10H2,1-4H3,(H,20,23)(H,21,22)(H,24,25). The first-order valence-corrected chi connectivity index (χ1v) is 8.50. The Labute approximate surface area is 152 Å². The van der Waals surface area contributed by atoms with Gasteiger partial charge in [0, 0.05) is 6.54 Å². The van der Waals surface area contributed by atoms with Crippen LogP contribution >= 0.6 is 11.6 Å². The van der Waals surface area contributed by atoms with Crippen molar-refractivity contribution in [2.75, 3.05) is 6.54 Å². The molecule has 2 amide bonds. The molecule has 0 heterocycles. The molecule has 3 N–H and O–H groups in total. The third kappa shape index (κ3) is 6.05. The van der Waals surface area contributed by atoms with Gasteiger partial charge in [0.2, 0.25) is 5.91 Å². The van der Waals surface area contributed by atoms with Gasteiger partial charge in [-0.05, 0) is 38.3 Å². The van der Waals surface area contributed by atoms with Crippen molar-refractivity contribution >= 4 is 29.4 Å². The lowest BCUT2D eigenvalue weighted by Crippen LogP contribution is -2.50. The molecule has 1 atom stereocenters. The highest BCUT2D eigenvalue weighted by molar-refractivity contribution is 6.33. The second kappa shape index (κ2) is 8.85. The molecule has 0 saturated carbocycles. The third-order valence-corrected chi connectivity index (χ3v) is 4.31. The van der Waals surface area contributed by atoms with Crippen molar-refractivity contribution in [3.8, 4) is 0 Å². The zero-order valence-electron chi connectivity index (χ0n) is 14.9. The molecule has 25 heavy (non-hydrogen) atoms. The van der Waals surface area contributed by atoms with Gasteiger partial charge in [-0.1, -0.05) is 37.6 Å². The summed E-state index contributed by atoms with van der Waals surface area (Å²) >= 11 is 6.01. The van der Waals surface area contributed by atoms with E-state index in [0.717, 1.165) is 0 Å². The summed E-state index contributed by atoms with van der Waals surface area (Å²) in [5.74, 6) is -1.84. The van der Waals surface area contributed by atoms with Gasteiger partial charge in [0.15, 0.2) is 0 Å². The fraction of sp³-hybridized carbons (Fsp3) is 0.500. The zero-order chi connectivity index (χ0) is 19.2. The van der Waals surface area contributed by atoms with Gasteiger partial charge in [-0.15, -0.1) is 0 Å². The van der Waals surface area contributed by atoms with Crippen LogP contribution in [0.15, 0.2) is 24.3 Å². The van der Waals surface area contributed by atoms with Gasteiger partial charge in [-0.3, -0.25) is 14.4 Å². The Hall–Kier alpha value is -2.08. The minimum atomic E-state index is -0.929. The number of hydrogen-bond acceptors (Lipinski definition) is 3. The van der Waals surface area contributed by atoms with E-state index < -0.39 is 23.3 Å². The average molecular weight is 369 g/mol. The van der Waals surface area contributed by atoms with E-state index in [-0.39, 0.29) is 24.8 Å². The minimum Gasteiger partial charge on any atom is -0.481 e. The van der Waals surface area contributed by atoms with E-state index in [0.29, 0.717) is 10.6 Å².